The molecule has 1 aliphatic heterocycles. The summed E-state index contributed by atoms with van der Waals surface area (Å²) >= 11 is 0. The number of nitrogens with one attached hydrogen (secondary N) is 1. The summed E-state index contributed by atoms with van der Waals surface area (Å²) in [4.78, 5) is 2.64. The van der Waals surface area contributed by atoms with Crippen LogP contribution in [-0.2, 0) is 6.54 Å². The number of nitrogens with zero attached hydrogens (tertiary/aromatic N) is 1. The van der Waals surface area contributed by atoms with E-state index in [0.717, 1.165) is 26.2 Å². The Bertz CT molecular complexity index is 431. The fourth-order valence-corrected chi connectivity index (χ4v) is 2.93. The van der Waals surface area contributed by atoms with Crippen molar-refractivity contribution in [2.24, 2.45) is 5.41 Å². The normalized spacial score (nSPS) is 21.6. The zero-order chi connectivity index (χ0) is 14.0. The Morgan fingerprint density at radius 3 is 2.58 bits per heavy atom. The highest BCUT2D eigenvalue weighted by Crippen LogP contribution is 2.27. The lowest BCUT2D eigenvalue weighted by Gasteiger charge is -2.43. The molecule has 1 aliphatic rings. The van der Waals surface area contributed by atoms with Crippen LogP contribution in [-0.4, -0.2) is 30.6 Å². The van der Waals surface area contributed by atoms with E-state index in [2.05, 4.69) is 63.0 Å². The first-order chi connectivity index (χ1) is 8.88. The summed E-state index contributed by atoms with van der Waals surface area (Å²) in [5.74, 6) is 0. The average molecular weight is 260 g/mol. The molecule has 1 fully saturated rings. The van der Waals surface area contributed by atoms with E-state index in [-0.39, 0.29) is 0 Å². The van der Waals surface area contributed by atoms with Crippen LogP contribution in [0.3, 0.4) is 0 Å². The van der Waals surface area contributed by atoms with Crippen molar-refractivity contribution in [2.75, 3.05) is 19.6 Å². The first-order valence-electron chi connectivity index (χ1n) is 7.39. The molecule has 0 amide bonds. The van der Waals surface area contributed by atoms with Crippen LogP contribution < -0.4 is 5.32 Å². The Morgan fingerprint density at radius 1 is 1.21 bits per heavy atom. The Balaban J connectivity index is 2.13. The van der Waals surface area contributed by atoms with Gasteiger partial charge in [0.25, 0.3) is 0 Å². The summed E-state index contributed by atoms with van der Waals surface area (Å²) in [6.07, 6.45) is 0. The maximum Gasteiger partial charge on any atom is 0.0273 e. The molecule has 1 saturated heterocycles. The van der Waals surface area contributed by atoms with Crippen molar-refractivity contribution in [2.45, 2.75) is 47.2 Å². The van der Waals surface area contributed by atoms with Crippen molar-refractivity contribution in [3.05, 3.63) is 34.9 Å². The zero-order valence-corrected chi connectivity index (χ0v) is 13.1. The van der Waals surface area contributed by atoms with Crippen LogP contribution in [0.25, 0.3) is 0 Å². The molecule has 0 radical (unpaired) electrons. The lowest BCUT2D eigenvalue weighted by Crippen LogP contribution is -2.56. The van der Waals surface area contributed by atoms with Gasteiger partial charge in [0.15, 0.2) is 0 Å². The largest absolute Gasteiger partial charge is 0.314 e. The number of aryl methyl sites for hydroxylation is 2. The van der Waals surface area contributed by atoms with E-state index in [1.165, 1.54) is 16.7 Å². The molecule has 1 aromatic rings. The predicted molar refractivity (Wildman–Crippen MR) is 82.4 cm³/mol. The van der Waals surface area contributed by atoms with Crippen LogP contribution in [0.4, 0.5) is 0 Å². The molecule has 106 valence electrons. The molecular formula is C17H28N2. The summed E-state index contributed by atoms with van der Waals surface area (Å²) < 4.78 is 0. The summed E-state index contributed by atoms with van der Waals surface area (Å²) in [5.41, 5.74) is 4.56. The monoisotopic (exact) mass is 260 g/mol. The van der Waals surface area contributed by atoms with E-state index in [1.807, 2.05) is 0 Å². The van der Waals surface area contributed by atoms with Crippen LogP contribution in [0.5, 0.6) is 0 Å². The summed E-state index contributed by atoms with van der Waals surface area (Å²) in [7, 11) is 0. The van der Waals surface area contributed by atoms with E-state index in [1.54, 1.807) is 0 Å². The number of benzene rings is 1. The lowest BCUT2D eigenvalue weighted by atomic mass is 9.84. The van der Waals surface area contributed by atoms with E-state index < -0.39 is 0 Å². The molecular weight excluding hydrogens is 232 g/mol. The minimum absolute atomic E-state index is 0.327. The standard InChI is InChI=1S/C17H28N2/c1-13-6-7-15(10-14(13)2)12-19-9-8-18-11-16(19)17(3,4)5/h6-7,10,16,18H,8-9,11-12H2,1-5H3. The highest BCUT2D eigenvalue weighted by Gasteiger charge is 2.32. The minimum atomic E-state index is 0.327. The molecule has 1 unspecified atom stereocenters. The number of hydrogen-bond acceptors (Lipinski definition) is 2. The van der Waals surface area contributed by atoms with Crippen molar-refractivity contribution < 1.29 is 0 Å². The van der Waals surface area contributed by atoms with Crippen molar-refractivity contribution in [1.82, 2.24) is 10.2 Å². The van der Waals surface area contributed by atoms with Gasteiger partial charge < -0.3 is 5.32 Å². The van der Waals surface area contributed by atoms with Gasteiger partial charge in [-0.3, -0.25) is 4.90 Å². The third kappa shape index (κ3) is 3.58. The van der Waals surface area contributed by atoms with Crippen molar-refractivity contribution >= 4 is 0 Å². The van der Waals surface area contributed by atoms with Crippen LogP contribution in [0.2, 0.25) is 0 Å². The fourth-order valence-electron chi connectivity index (χ4n) is 2.93. The molecule has 0 saturated carbocycles. The molecule has 2 heteroatoms. The Morgan fingerprint density at radius 2 is 1.95 bits per heavy atom. The molecule has 2 rings (SSSR count). The highest BCUT2D eigenvalue weighted by molar-refractivity contribution is 5.30. The van der Waals surface area contributed by atoms with E-state index >= 15 is 0 Å². The Kier molecular flexibility index (Phi) is 4.32. The zero-order valence-electron chi connectivity index (χ0n) is 13.1. The minimum Gasteiger partial charge on any atom is -0.314 e. The van der Waals surface area contributed by atoms with Crippen molar-refractivity contribution in [3.8, 4) is 0 Å². The second-order valence-electron chi connectivity index (χ2n) is 6.98. The van der Waals surface area contributed by atoms with Crippen LogP contribution in [0, 0.1) is 19.3 Å². The quantitative estimate of drug-likeness (QED) is 0.879. The molecule has 1 N–H and O–H groups in total. The fraction of sp³-hybridized carbons (Fsp3) is 0.647. The van der Waals surface area contributed by atoms with Crippen molar-refractivity contribution in [3.63, 3.8) is 0 Å². The van der Waals surface area contributed by atoms with Gasteiger partial charge in [-0.25, -0.2) is 0 Å². The van der Waals surface area contributed by atoms with Gasteiger partial charge in [0.1, 0.15) is 0 Å². The van der Waals surface area contributed by atoms with Gasteiger partial charge in [-0.1, -0.05) is 39.0 Å². The van der Waals surface area contributed by atoms with E-state index in [4.69, 9.17) is 0 Å². The first-order valence-corrected chi connectivity index (χ1v) is 7.39. The molecule has 0 aromatic heterocycles. The van der Waals surface area contributed by atoms with Gasteiger partial charge in [0.2, 0.25) is 0 Å². The number of piperazine rings is 1. The smallest absolute Gasteiger partial charge is 0.0273 e. The van der Waals surface area contributed by atoms with Gasteiger partial charge >= 0.3 is 0 Å². The third-order valence-corrected chi connectivity index (χ3v) is 4.31. The molecule has 0 bridgehead atoms. The van der Waals surface area contributed by atoms with Gasteiger partial charge in [-0.15, -0.1) is 0 Å². The SMILES string of the molecule is Cc1ccc(CN2CCNCC2C(C)(C)C)cc1C. The molecule has 0 spiro atoms. The molecule has 19 heavy (non-hydrogen) atoms. The number of rotatable bonds is 2. The topological polar surface area (TPSA) is 15.3 Å². The van der Waals surface area contributed by atoms with Crippen molar-refractivity contribution in [1.29, 1.82) is 0 Å². The highest BCUT2D eigenvalue weighted by atomic mass is 15.2. The summed E-state index contributed by atoms with van der Waals surface area (Å²) in [6, 6.07) is 7.49. The summed E-state index contributed by atoms with van der Waals surface area (Å²) in [6.45, 7) is 15.9. The molecule has 1 atom stereocenters. The molecule has 1 heterocycles. The second kappa shape index (κ2) is 5.64. The second-order valence-corrected chi connectivity index (χ2v) is 6.98. The Labute approximate surface area is 118 Å². The maximum atomic E-state index is 3.54. The van der Waals surface area contributed by atoms with Gasteiger partial charge in [0, 0.05) is 32.2 Å². The first kappa shape index (κ1) is 14.5. The number of hydrogen-bond donors (Lipinski definition) is 1. The maximum absolute atomic E-state index is 3.54. The van der Waals surface area contributed by atoms with E-state index in [0.29, 0.717) is 11.5 Å². The lowest BCUT2D eigenvalue weighted by molar-refractivity contribution is 0.0689. The molecule has 2 nitrogen and oxygen atoms in total. The molecule has 0 aliphatic carbocycles. The summed E-state index contributed by atoms with van der Waals surface area (Å²) in [5, 5.41) is 3.54. The predicted octanol–water partition coefficient (Wildman–Crippen LogP) is 3.12. The van der Waals surface area contributed by atoms with Gasteiger partial charge in [-0.05, 0) is 36.0 Å². The Hall–Kier alpha value is -0.860. The van der Waals surface area contributed by atoms with Crippen LogP contribution >= 0.6 is 0 Å². The van der Waals surface area contributed by atoms with Gasteiger partial charge in [0.05, 0.1) is 0 Å². The van der Waals surface area contributed by atoms with Gasteiger partial charge in [-0.2, -0.15) is 0 Å². The molecule has 1 aromatic carbocycles. The third-order valence-electron chi connectivity index (χ3n) is 4.31. The van der Waals surface area contributed by atoms with E-state index in [9.17, 15) is 0 Å². The van der Waals surface area contributed by atoms with Crippen LogP contribution in [0.15, 0.2) is 18.2 Å². The van der Waals surface area contributed by atoms with Crippen LogP contribution in [0.1, 0.15) is 37.5 Å². The average Bonchev–Trinajstić information content (AvgIpc) is 2.33.